The SMILES string of the molecule is Cc1ccc(Cl)cc1NC(=O)[C@H](C(C)C)N1C(=O)c2ccccc2C1=O. The molecule has 1 aliphatic rings. The Labute approximate surface area is 156 Å². The quantitative estimate of drug-likeness (QED) is 0.830. The van der Waals surface area contributed by atoms with Crippen LogP contribution in [0.1, 0.15) is 40.1 Å². The van der Waals surface area contributed by atoms with E-state index in [0.717, 1.165) is 10.5 Å². The number of carbonyl (C=O) groups is 3. The van der Waals surface area contributed by atoms with Crippen molar-refractivity contribution in [2.75, 3.05) is 5.32 Å². The Morgan fingerprint density at radius 3 is 2.15 bits per heavy atom. The number of anilines is 1. The van der Waals surface area contributed by atoms with Gasteiger partial charge in [-0.25, -0.2) is 0 Å². The first-order valence-corrected chi connectivity index (χ1v) is 8.73. The highest BCUT2D eigenvalue weighted by Crippen LogP contribution is 2.28. The van der Waals surface area contributed by atoms with Crippen LogP contribution < -0.4 is 5.32 Å². The molecule has 0 saturated heterocycles. The van der Waals surface area contributed by atoms with Crippen LogP contribution >= 0.6 is 11.6 Å². The minimum atomic E-state index is -0.916. The molecule has 0 saturated carbocycles. The molecular formula is C20H19ClN2O3. The Morgan fingerprint density at radius 2 is 1.62 bits per heavy atom. The Morgan fingerprint density at radius 1 is 1.04 bits per heavy atom. The predicted octanol–water partition coefficient (Wildman–Crippen LogP) is 3.91. The molecule has 0 radical (unpaired) electrons. The molecule has 0 unspecified atom stereocenters. The van der Waals surface area contributed by atoms with Gasteiger partial charge in [0.2, 0.25) is 5.91 Å². The maximum absolute atomic E-state index is 12.9. The average Bonchev–Trinajstić information content (AvgIpc) is 2.84. The molecule has 134 valence electrons. The van der Waals surface area contributed by atoms with Crippen LogP contribution in [-0.4, -0.2) is 28.7 Å². The maximum Gasteiger partial charge on any atom is 0.262 e. The van der Waals surface area contributed by atoms with Crippen molar-refractivity contribution in [3.63, 3.8) is 0 Å². The van der Waals surface area contributed by atoms with E-state index in [9.17, 15) is 14.4 Å². The highest BCUT2D eigenvalue weighted by atomic mass is 35.5. The highest BCUT2D eigenvalue weighted by molar-refractivity contribution is 6.31. The minimum Gasteiger partial charge on any atom is -0.324 e. The molecule has 1 aliphatic heterocycles. The van der Waals surface area contributed by atoms with Gasteiger partial charge >= 0.3 is 0 Å². The second kappa shape index (κ2) is 6.92. The number of nitrogens with zero attached hydrogens (tertiary/aromatic N) is 1. The molecule has 1 N–H and O–H groups in total. The molecule has 2 aromatic carbocycles. The van der Waals surface area contributed by atoms with Gasteiger partial charge in [-0.3, -0.25) is 19.3 Å². The number of imide groups is 1. The minimum absolute atomic E-state index is 0.253. The Balaban J connectivity index is 1.93. The smallest absolute Gasteiger partial charge is 0.262 e. The van der Waals surface area contributed by atoms with Crippen molar-refractivity contribution in [3.8, 4) is 0 Å². The topological polar surface area (TPSA) is 66.5 Å². The zero-order chi connectivity index (χ0) is 19.0. The summed E-state index contributed by atoms with van der Waals surface area (Å²) in [7, 11) is 0. The molecule has 5 nitrogen and oxygen atoms in total. The van der Waals surface area contributed by atoms with Gasteiger partial charge in [-0.15, -0.1) is 0 Å². The Kier molecular flexibility index (Phi) is 4.83. The summed E-state index contributed by atoms with van der Waals surface area (Å²) < 4.78 is 0. The van der Waals surface area contributed by atoms with E-state index in [1.54, 1.807) is 56.3 Å². The Hall–Kier alpha value is -2.66. The van der Waals surface area contributed by atoms with Crippen LogP contribution in [0.4, 0.5) is 5.69 Å². The predicted molar refractivity (Wildman–Crippen MR) is 100 cm³/mol. The van der Waals surface area contributed by atoms with Gasteiger partial charge in [-0.2, -0.15) is 0 Å². The van der Waals surface area contributed by atoms with Crippen molar-refractivity contribution in [2.45, 2.75) is 26.8 Å². The van der Waals surface area contributed by atoms with Crippen molar-refractivity contribution in [1.82, 2.24) is 4.90 Å². The van der Waals surface area contributed by atoms with E-state index < -0.39 is 23.8 Å². The molecule has 0 spiro atoms. The fourth-order valence-corrected chi connectivity index (χ4v) is 3.29. The fraction of sp³-hybridized carbons (Fsp3) is 0.250. The van der Waals surface area contributed by atoms with Crippen molar-refractivity contribution in [2.24, 2.45) is 5.92 Å². The normalized spacial score (nSPS) is 14.6. The third-order valence-electron chi connectivity index (χ3n) is 4.46. The van der Waals surface area contributed by atoms with Gasteiger partial charge < -0.3 is 5.32 Å². The van der Waals surface area contributed by atoms with Crippen LogP contribution in [0.25, 0.3) is 0 Å². The molecule has 0 aliphatic carbocycles. The number of nitrogens with one attached hydrogen (secondary N) is 1. The lowest BCUT2D eigenvalue weighted by molar-refractivity contribution is -0.121. The van der Waals surface area contributed by atoms with Crippen LogP contribution in [0.2, 0.25) is 5.02 Å². The second-order valence-corrected chi connectivity index (χ2v) is 7.10. The summed E-state index contributed by atoms with van der Waals surface area (Å²) in [6.45, 7) is 5.45. The summed E-state index contributed by atoms with van der Waals surface area (Å²) in [6, 6.07) is 10.9. The van der Waals surface area contributed by atoms with E-state index in [0.29, 0.717) is 21.8 Å². The summed E-state index contributed by atoms with van der Waals surface area (Å²) in [5.41, 5.74) is 2.06. The highest BCUT2D eigenvalue weighted by Gasteiger charge is 2.43. The van der Waals surface area contributed by atoms with E-state index in [1.807, 2.05) is 6.92 Å². The van der Waals surface area contributed by atoms with Crippen molar-refractivity contribution < 1.29 is 14.4 Å². The zero-order valence-corrected chi connectivity index (χ0v) is 15.5. The van der Waals surface area contributed by atoms with Crippen LogP contribution in [0.15, 0.2) is 42.5 Å². The molecule has 0 bridgehead atoms. The fourth-order valence-electron chi connectivity index (χ4n) is 3.11. The number of hydrogen-bond acceptors (Lipinski definition) is 3. The summed E-state index contributed by atoms with van der Waals surface area (Å²) in [4.78, 5) is 39.5. The van der Waals surface area contributed by atoms with Crippen molar-refractivity contribution >= 4 is 35.0 Å². The van der Waals surface area contributed by atoms with Crippen molar-refractivity contribution in [1.29, 1.82) is 0 Å². The number of amides is 3. The van der Waals surface area contributed by atoms with Gasteiger partial charge in [-0.1, -0.05) is 43.6 Å². The largest absolute Gasteiger partial charge is 0.324 e. The average molecular weight is 371 g/mol. The molecule has 1 atom stereocenters. The van der Waals surface area contributed by atoms with Crippen LogP contribution in [-0.2, 0) is 4.79 Å². The summed E-state index contributed by atoms with van der Waals surface area (Å²) in [5, 5.41) is 3.30. The molecular weight excluding hydrogens is 352 g/mol. The molecule has 3 amide bonds. The molecule has 0 fully saturated rings. The van der Waals surface area contributed by atoms with E-state index >= 15 is 0 Å². The number of carbonyl (C=O) groups excluding carboxylic acids is 3. The number of hydrogen-bond donors (Lipinski definition) is 1. The lowest BCUT2D eigenvalue weighted by Gasteiger charge is -2.28. The van der Waals surface area contributed by atoms with E-state index in [-0.39, 0.29) is 5.92 Å². The first-order chi connectivity index (χ1) is 12.3. The number of benzene rings is 2. The molecule has 2 aromatic rings. The van der Waals surface area contributed by atoms with Gasteiger partial charge in [0.15, 0.2) is 0 Å². The van der Waals surface area contributed by atoms with Gasteiger partial charge in [-0.05, 0) is 42.7 Å². The lowest BCUT2D eigenvalue weighted by atomic mass is 10.0. The molecule has 6 heteroatoms. The molecule has 26 heavy (non-hydrogen) atoms. The van der Waals surface area contributed by atoms with Crippen molar-refractivity contribution in [3.05, 3.63) is 64.2 Å². The van der Waals surface area contributed by atoms with Gasteiger partial charge in [0, 0.05) is 10.7 Å². The van der Waals surface area contributed by atoms with E-state index in [1.165, 1.54) is 0 Å². The Bertz CT molecular complexity index is 873. The van der Waals surface area contributed by atoms with Crippen LogP contribution in [0, 0.1) is 12.8 Å². The third-order valence-corrected chi connectivity index (χ3v) is 4.70. The maximum atomic E-state index is 12.9. The number of aryl methyl sites for hydroxylation is 1. The monoisotopic (exact) mass is 370 g/mol. The molecule has 1 heterocycles. The standard InChI is InChI=1S/C20H19ClN2O3/c1-11(2)17(18(24)22-16-10-13(21)9-8-12(16)3)23-19(25)14-6-4-5-7-15(14)20(23)26/h4-11,17H,1-3H3,(H,22,24)/t17-/m0/s1. The van der Waals surface area contributed by atoms with Crippen LogP contribution in [0.3, 0.4) is 0 Å². The zero-order valence-electron chi connectivity index (χ0n) is 14.7. The third kappa shape index (κ3) is 3.10. The summed E-state index contributed by atoms with van der Waals surface area (Å²) >= 11 is 6.01. The van der Waals surface area contributed by atoms with Gasteiger partial charge in [0.1, 0.15) is 6.04 Å². The first kappa shape index (κ1) is 18.1. The first-order valence-electron chi connectivity index (χ1n) is 8.35. The van der Waals surface area contributed by atoms with Gasteiger partial charge in [0.25, 0.3) is 11.8 Å². The van der Waals surface area contributed by atoms with Gasteiger partial charge in [0.05, 0.1) is 11.1 Å². The van der Waals surface area contributed by atoms with E-state index in [2.05, 4.69) is 5.32 Å². The number of rotatable bonds is 4. The number of fused-ring (bicyclic) bond motifs is 1. The lowest BCUT2D eigenvalue weighted by Crippen LogP contribution is -2.50. The molecule has 0 aromatic heterocycles. The number of halogens is 1. The summed E-state index contributed by atoms with van der Waals surface area (Å²) in [5.74, 6) is -1.55. The second-order valence-electron chi connectivity index (χ2n) is 6.66. The van der Waals surface area contributed by atoms with E-state index in [4.69, 9.17) is 11.6 Å². The molecule has 3 rings (SSSR count). The van der Waals surface area contributed by atoms with Crippen LogP contribution in [0.5, 0.6) is 0 Å². The summed E-state index contributed by atoms with van der Waals surface area (Å²) in [6.07, 6.45) is 0.